The molecule has 0 radical (unpaired) electrons. The molecular weight excluding hydrogens is 287 g/mol. The summed E-state index contributed by atoms with van der Waals surface area (Å²) < 4.78 is 10.4. The lowest BCUT2D eigenvalue weighted by Crippen LogP contribution is -2.12. The zero-order valence-corrected chi connectivity index (χ0v) is 12.9. The van der Waals surface area contributed by atoms with E-state index in [2.05, 4.69) is 0 Å². The van der Waals surface area contributed by atoms with Crippen molar-refractivity contribution in [1.82, 2.24) is 0 Å². The highest BCUT2D eigenvalue weighted by Crippen LogP contribution is 2.39. The largest absolute Gasteiger partial charge is 0.493 e. The minimum atomic E-state index is -0.108. The van der Waals surface area contributed by atoms with Crippen molar-refractivity contribution >= 4 is 24.0 Å². The number of nitrogens with two attached hydrogens (primary N) is 2. The first-order valence-corrected chi connectivity index (χ1v) is 6.39. The average molecular weight is 309 g/mol. The molecule has 4 N–H and O–H groups in total. The van der Waals surface area contributed by atoms with Gasteiger partial charge in [0.1, 0.15) is 0 Å². The Morgan fingerprint density at radius 1 is 1.21 bits per heavy atom. The van der Waals surface area contributed by atoms with Gasteiger partial charge in [0.15, 0.2) is 11.5 Å². The molecule has 1 rings (SSSR count). The Bertz CT molecular complexity index is 389. The molecule has 0 saturated carbocycles. The van der Waals surface area contributed by atoms with E-state index in [0.717, 1.165) is 24.8 Å². The van der Waals surface area contributed by atoms with Crippen LogP contribution in [-0.4, -0.2) is 20.8 Å². The molecule has 0 aromatic heterocycles. The van der Waals surface area contributed by atoms with Crippen molar-refractivity contribution in [3.63, 3.8) is 0 Å². The van der Waals surface area contributed by atoms with Crippen molar-refractivity contribution < 1.29 is 9.47 Å². The van der Waals surface area contributed by atoms with Gasteiger partial charge in [-0.25, -0.2) is 0 Å². The normalized spacial score (nSPS) is 11.6. The van der Waals surface area contributed by atoms with Gasteiger partial charge in [0.25, 0.3) is 0 Å². The lowest BCUT2D eigenvalue weighted by molar-refractivity contribution is 0.354. The number of rotatable bonds is 7. The number of unbranched alkanes of at least 4 members (excludes halogenated alkanes) is 1. The van der Waals surface area contributed by atoms with Crippen LogP contribution in [-0.2, 0) is 0 Å². The Labute approximate surface area is 125 Å². The molecule has 0 amide bonds. The summed E-state index contributed by atoms with van der Waals surface area (Å²) in [6, 6.07) is 3.60. The van der Waals surface area contributed by atoms with Gasteiger partial charge >= 0.3 is 0 Å². The van der Waals surface area contributed by atoms with Crippen LogP contribution < -0.4 is 20.9 Å². The second kappa shape index (κ2) is 9.26. The number of benzene rings is 1. The molecule has 0 aliphatic heterocycles. The highest BCUT2D eigenvalue weighted by Gasteiger charge is 2.17. The maximum absolute atomic E-state index is 6.29. The van der Waals surface area contributed by atoms with Crippen LogP contribution in [0.5, 0.6) is 11.5 Å². The molecule has 0 bridgehead atoms. The molecule has 4 nitrogen and oxygen atoms in total. The summed E-state index contributed by atoms with van der Waals surface area (Å²) >= 11 is 6.29. The van der Waals surface area contributed by atoms with Crippen LogP contribution in [0.15, 0.2) is 12.1 Å². The van der Waals surface area contributed by atoms with E-state index in [1.165, 1.54) is 0 Å². The predicted octanol–water partition coefficient (Wildman–Crippen LogP) is 2.91. The Kier molecular flexibility index (Phi) is 8.93. The zero-order chi connectivity index (χ0) is 13.5. The van der Waals surface area contributed by atoms with Crippen LogP contribution in [0.4, 0.5) is 0 Å². The van der Waals surface area contributed by atoms with Gasteiger partial charge in [-0.2, -0.15) is 0 Å². The second-order valence-electron chi connectivity index (χ2n) is 4.10. The molecular formula is C13H22Cl2N2O2. The van der Waals surface area contributed by atoms with E-state index >= 15 is 0 Å². The number of hydrogen-bond donors (Lipinski definition) is 2. The van der Waals surface area contributed by atoms with Gasteiger partial charge in [-0.1, -0.05) is 24.1 Å². The first-order valence-electron chi connectivity index (χ1n) is 6.01. The van der Waals surface area contributed by atoms with E-state index in [1.54, 1.807) is 14.2 Å². The van der Waals surface area contributed by atoms with E-state index in [0.29, 0.717) is 23.1 Å². The molecule has 1 aromatic carbocycles. The van der Waals surface area contributed by atoms with E-state index in [-0.39, 0.29) is 18.4 Å². The first-order chi connectivity index (χ1) is 8.65. The van der Waals surface area contributed by atoms with Gasteiger partial charge in [-0.3, -0.25) is 0 Å². The Hall–Kier alpha value is -0.680. The third-order valence-corrected chi connectivity index (χ3v) is 3.27. The molecule has 0 spiro atoms. The van der Waals surface area contributed by atoms with Gasteiger partial charge in [-0.15, -0.1) is 12.4 Å². The maximum atomic E-state index is 6.29. The van der Waals surface area contributed by atoms with Crippen molar-refractivity contribution in [2.45, 2.75) is 25.3 Å². The standard InChI is InChI=1S/C13H21ClN2O2.ClH/c1-17-11-7-6-9(12(14)13(11)18-2)10(16)5-3-4-8-15;/h6-7,10H,3-5,8,15-16H2,1-2H3;1H/t10-;/m0./s1. The van der Waals surface area contributed by atoms with Crippen LogP contribution >= 0.6 is 24.0 Å². The summed E-state index contributed by atoms with van der Waals surface area (Å²) in [5.41, 5.74) is 12.5. The average Bonchev–Trinajstić information content (AvgIpc) is 2.38. The van der Waals surface area contributed by atoms with Crippen molar-refractivity contribution in [1.29, 1.82) is 0 Å². The molecule has 1 aromatic rings. The molecule has 19 heavy (non-hydrogen) atoms. The van der Waals surface area contributed by atoms with Crippen LogP contribution in [0.3, 0.4) is 0 Å². The summed E-state index contributed by atoms with van der Waals surface area (Å²) in [4.78, 5) is 0. The molecule has 110 valence electrons. The van der Waals surface area contributed by atoms with Gasteiger partial charge in [0.2, 0.25) is 0 Å². The summed E-state index contributed by atoms with van der Waals surface area (Å²) in [5, 5.41) is 0.525. The molecule has 6 heteroatoms. The smallest absolute Gasteiger partial charge is 0.179 e. The first kappa shape index (κ1) is 18.3. The summed E-state index contributed by atoms with van der Waals surface area (Å²) in [5.74, 6) is 1.14. The molecule has 0 aliphatic carbocycles. The van der Waals surface area contributed by atoms with Gasteiger partial charge < -0.3 is 20.9 Å². The Balaban J connectivity index is 0.00000324. The van der Waals surface area contributed by atoms with Crippen LogP contribution in [0.1, 0.15) is 30.9 Å². The third-order valence-electron chi connectivity index (χ3n) is 2.88. The molecule has 0 fully saturated rings. The summed E-state index contributed by atoms with van der Waals surface area (Å²) in [6.45, 7) is 0.687. The fourth-order valence-corrected chi connectivity index (χ4v) is 2.23. The molecule has 0 aliphatic rings. The van der Waals surface area contributed by atoms with Crippen molar-refractivity contribution in [2.75, 3.05) is 20.8 Å². The van der Waals surface area contributed by atoms with Crippen LogP contribution in [0, 0.1) is 0 Å². The highest BCUT2D eigenvalue weighted by atomic mass is 35.5. The number of methoxy groups -OCH3 is 2. The molecule has 0 unspecified atom stereocenters. The summed E-state index contributed by atoms with van der Waals surface area (Å²) in [6.07, 6.45) is 2.81. The van der Waals surface area contributed by atoms with E-state index in [4.69, 9.17) is 32.5 Å². The van der Waals surface area contributed by atoms with E-state index < -0.39 is 0 Å². The van der Waals surface area contributed by atoms with Crippen LogP contribution in [0.2, 0.25) is 5.02 Å². The van der Waals surface area contributed by atoms with Crippen molar-refractivity contribution in [3.8, 4) is 11.5 Å². The van der Waals surface area contributed by atoms with Gasteiger partial charge in [-0.05, 0) is 31.0 Å². The highest BCUT2D eigenvalue weighted by molar-refractivity contribution is 6.33. The fraction of sp³-hybridized carbons (Fsp3) is 0.538. The van der Waals surface area contributed by atoms with Crippen LogP contribution in [0.25, 0.3) is 0 Å². The maximum Gasteiger partial charge on any atom is 0.179 e. The van der Waals surface area contributed by atoms with Gasteiger partial charge in [0, 0.05) is 6.04 Å². The van der Waals surface area contributed by atoms with E-state index in [1.807, 2.05) is 12.1 Å². The monoisotopic (exact) mass is 308 g/mol. The lowest BCUT2D eigenvalue weighted by Gasteiger charge is -2.17. The quantitative estimate of drug-likeness (QED) is 0.760. The predicted molar refractivity (Wildman–Crippen MR) is 81.6 cm³/mol. The summed E-state index contributed by atoms with van der Waals surface area (Å²) in [7, 11) is 3.14. The third kappa shape index (κ3) is 4.73. The molecule has 0 saturated heterocycles. The number of hydrogen-bond acceptors (Lipinski definition) is 4. The minimum absolute atomic E-state index is 0. The Morgan fingerprint density at radius 2 is 1.89 bits per heavy atom. The van der Waals surface area contributed by atoms with Crippen molar-refractivity contribution in [2.24, 2.45) is 11.5 Å². The molecule has 0 heterocycles. The van der Waals surface area contributed by atoms with Crippen molar-refractivity contribution in [3.05, 3.63) is 22.7 Å². The molecule has 1 atom stereocenters. The fourth-order valence-electron chi connectivity index (χ4n) is 1.85. The van der Waals surface area contributed by atoms with Gasteiger partial charge in [0.05, 0.1) is 19.2 Å². The SMILES string of the molecule is COc1ccc([C@@H](N)CCCCN)c(Cl)c1OC.Cl. The lowest BCUT2D eigenvalue weighted by atomic mass is 10.0. The zero-order valence-electron chi connectivity index (χ0n) is 11.3. The number of halogens is 2. The number of ether oxygens (including phenoxy) is 2. The topological polar surface area (TPSA) is 70.5 Å². The Morgan fingerprint density at radius 3 is 2.42 bits per heavy atom. The van der Waals surface area contributed by atoms with E-state index in [9.17, 15) is 0 Å². The second-order valence-corrected chi connectivity index (χ2v) is 4.47. The minimum Gasteiger partial charge on any atom is -0.493 e.